The first-order chi connectivity index (χ1) is 8.76. The molecule has 0 radical (unpaired) electrons. The summed E-state index contributed by atoms with van der Waals surface area (Å²) in [5.74, 6) is 1.17. The number of nitrogens with zero attached hydrogens (tertiary/aromatic N) is 1. The first-order valence-electron chi connectivity index (χ1n) is 5.95. The van der Waals surface area contributed by atoms with Crippen LogP contribution in [0.4, 0.5) is 0 Å². The van der Waals surface area contributed by atoms with Gasteiger partial charge in [0.05, 0.1) is 12.0 Å². The third-order valence-electron chi connectivity index (χ3n) is 2.72. The van der Waals surface area contributed by atoms with Crippen LogP contribution in [0.2, 0.25) is 0 Å². The maximum atomic E-state index is 9.05. The number of para-hydroxylation sites is 1. The summed E-state index contributed by atoms with van der Waals surface area (Å²) in [7, 11) is 1.91. The minimum absolute atomic E-state index is 0.243. The van der Waals surface area contributed by atoms with E-state index in [9.17, 15) is 0 Å². The molecule has 1 aromatic heterocycles. The Morgan fingerprint density at radius 2 is 2.22 bits per heavy atom. The minimum atomic E-state index is 0.243. The van der Waals surface area contributed by atoms with Gasteiger partial charge >= 0.3 is 0 Å². The van der Waals surface area contributed by atoms with Gasteiger partial charge in [-0.3, -0.25) is 0 Å². The Labute approximate surface area is 106 Å². The van der Waals surface area contributed by atoms with Crippen molar-refractivity contribution in [3.63, 3.8) is 0 Å². The van der Waals surface area contributed by atoms with E-state index < -0.39 is 0 Å². The lowest BCUT2D eigenvalue weighted by atomic mass is 10.2. The van der Waals surface area contributed by atoms with E-state index in [4.69, 9.17) is 14.4 Å². The van der Waals surface area contributed by atoms with Gasteiger partial charge in [0, 0.05) is 12.5 Å². The third kappa shape index (κ3) is 2.47. The van der Waals surface area contributed by atoms with Crippen LogP contribution in [0.25, 0.3) is 11.0 Å². The average Bonchev–Trinajstić information content (AvgIpc) is 2.74. The summed E-state index contributed by atoms with van der Waals surface area (Å²) in [5.41, 5.74) is 0.685. The van der Waals surface area contributed by atoms with Crippen molar-refractivity contribution in [1.82, 2.24) is 5.32 Å². The molecular formula is C14H16N2O2. The second-order valence-corrected chi connectivity index (χ2v) is 4.34. The van der Waals surface area contributed by atoms with Crippen LogP contribution < -0.4 is 10.1 Å². The van der Waals surface area contributed by atoms with E-state index in [2.05, 4.69) is 12.2 Å². The van der Waals surface area contributed by atoms with Crippen molar-refractivity contribution in [3.8, 4) is 11.8 Å². The van der Waals surface area contributed by atoms with Crippen LogP contribution in [0.5, 0.6) is 5.75 Å². The molecule has 94 valence electrons. The summed E-state index contributed by atoms with van der Waals surface area (Å²) in [6, 6.07) is 9.55. The number of ether oxygens (including phenoxy) is 1. The standard InChI is InChI=1S/C14H16N2O2/c1-10(8-16-2)9-17-14-11-5-3-4-6-12(11)18-13(14)7-15/h3-6,10,16H,8-9H2,1-2H3. The molecule has 1 atom stereocenters. The minimum Gasteiger partial charge on any atom is -0.488 e. The molecule has 0 spiro atoms. The smallest absolute Gasteiger partial charge is 0.246 e. The Hall–Kier alpha value is -1.99. The molecule has 0 saturated heterocycles. The van der Waals surface area contributed by atoms with Crippen LogP contribution >= 0.6 is 0 Å². The highest BCUT2D eigenvalue weighted by molar-refractivity contribution is 5.86. The Bertz CT molecular complexity index is 569. The van der Waals surface area contributed by atoms with Crippen molar-refractivity contribution in [3.05, 3.63) is 30.0 Å². The number of hydrogen-bond acceptors (Lipinski definition) is 4. The molecule has 0 fully saturated rings. The van der Waals surface area contributed by atoms with Crippen LogP contribution in [0.1, 0.15) is 12.7 Å². The molecule has 4 heteroatoms. The molecule has 0 bridgehead atoms. The number of benzene rings is 1. The molecule has 1 N–H and O–H groups in total. The fourth-order valence-corrected chi connectivity index (χ4v) is 1.87. The predicted octanol–water partition coefficient (Wildman–Crippen LogP) is 2.54. The number of rotatable bonds is 5. The molecule has 0 saturated carbocycles. The molecule has 0 aliphatic carbocycles. The van der Waals surface area contributed by atoms with Gasteiger partial charge in [0.15, 0.2) is 5.75 Å². The summed E-state index contributed by atoms with van der Waals surface area (Å²) in [6.45, 7) is 3.52. The zero-order valence-corrected chi connectivity index (χ0v) is 10.6. The van der Waals surface area contributed by atoms with Crippen LogP contribution in [-0.4, -0.2) is 20.2 Å². The van der Waals surface area contributed by atoms with Crippen molar-refractivity contribution in [2.45, 2.75) is 6.92 Å². The lowest BCUT2D eigenvalue weighted by Crippen LogP contribution is -2.21. The van der Waals surface area contributed by atoms with E-state index in [-0.39, 0.29) is 5.76 Å². The molecule has 18 heavy (non-hydrogen) atoms. The second-order valence-electron chi connectivity index (χ2n) is 4.34. The second kappa shape index (κ2) is 5.56. The molecule has 4 nitrogen and oxygen atoms in total. The number of fused-ring (bicyclic) bond motifs is 1. The first kappa shape index (κ1) is 12.5. The molecule has 0 amide bonds. The molecule has 0 aliphatic rings. The number of nitrogens with one attached hydrogen (secondary N) is 1. The van der Waals surface area contributed by atoms with E-state index >= 15 is 0 Å². The topological polar surface area (TPSA) is 58.2 Å². The highest BCUT2D eigenvalue weighted by Gasteiger charge is 2.15. The number of nitriles is 1. The predicted molar refractivity (Wildman–Crippen MR) is 69.5 cm³/mol. The zero-order valence-electron chi connectivity index (χ0n) is 10.6. The van der Waals surface area contributed by atoms with Gasteiger partial charge in [0.25, 0.3) is 0 Å². The largest absolute Gasteiger partial charge is 0.488 e. The SMILES string of the molecule is CNCC(C)COc1c(C#N)oc2ccccc12. The maximum Gasteiger partial charge on any atom is 0.246 e. The normalized spacial score (nSPS) is 12.3. The maximum absolute atomic E-state index is 9.05. The van der Waals surface area contributed by atoms with Gasteiger partial charge in [-0.25, -0.2) is 0 Å². The lowest BCUT2D eigenvalue weighted by molar-refractivity contribution is 0.257. The van der Waals surface area contributed by atoms with Gasteiger partial charge in [-0.1, -0.05) is 19.1 Å². The van der Waals surface area contributed by atoms with Crippen LogP contribution in [0, 0.1) is 17.2 Å². The quantitative estimate of drug-likeness (QED) is 0.878. The van der Waals surface area contributed by atoms with Gasteiger partial charge in [0.2, 0.25) is 5.76 Å². The molecule has 1 heterocycles. The van der Waals surface area contributed by atoms with Gasteiger partial charge in [0.1, 0.15) is 11.7 Å². The van der Waals surface area contributed by atoms with E-state index in [1.54, 1.807) is 0 Å². The van der Waals surface area contributed by atoms with Crippen molar-refractivity contribution < 1.29 is 9.15 Å². The Balaban J connectivity index is 2.23. The van der Waals surface area contributed by atoms with Crippen molar-refractivity contribution in [2.75, 3.05) is 20.2 Å². The van der Waals surface area contributed by atoms with E-state index in [1.165, 1.54) is 0 Å². The van der Waals surface area contributed by atoms with Crippen molar-refractivity contribution in [2.24, 2.45) is 5.92 Å². The van der Waals surface area contributed by atoms with Crippen molar-refractivity contribution in [1.29, 1.82) is 5.26 Å². The Kier molecular flexibility index (Phi) is 3.85. The molecule has 1 unspecified atom stereocenters. The highest BCUT2D eigenvalue weighted by Crippen LogP contribution is 2.32. The molecule has 1 aromatic carbocycles. The Morgan fingerprint density at radius 1 is 1.44 bits per heavy atom. The van der Waals surface area contributed by atoms with Crippen LogP contribution in [-0.2, 0) is 0 Å². The summed E-state index contributed by atoms with van der Waals surface area (Å²) >= 11 is 0. The summed E-state index contributed by atoms with van der Waals surface area (Å²) in [5, 5.41) is 13.0. The van der Waals surface area contributed by atoms with E-state index in [0.29, 0.717) is 23.9 Å². The lowest BCUT2D eigenvalue weighted by Gasteiger charge is -2.11. The van der Waals surface area contributed by atoms with Crippen LogP contribution in [0.3, 0.4) is 0 Å². The monoisotopic (exact) mass is 244 g/mol. The van der Waals surface area contributed by atoms with Gasteiger partial charge in [-0.2, -0.15) is 5.26 Å². The van der Waals surface area contributed by atoms with E-state index in [1.807, 2.05) is 37.4 Å². The fraction of sp³-hybridized carbons (Fsp3) is 0.357. The molecule has 2 aromatic rings. The van der Waals surface area contributed by atoms with Gasteiger partial charge in [-0.05, 0) is 19.2 Å². The van der Waals surface area contributed by atoms with Gasteiger partial charge < -0.3 is 14.5 Å². The first-order valence-corrected chi connectivity index (χ1v) is 5.95. The summed E-state index contributed by atoms with van der Waals surface area (Å²) < 4.78 is 11.2. The molecular weight excluding hydrogens is 228 g/mol. The number of furan rings is 1. The zero-order chi connectivity index (χ0) is 13.0. The number of hydrogen-bond donors (Lipinski definition) is 1. The average molecular weight is 244 g/mol. The van der Waals surface area contributed by atoms with E-state index in [0.717, 1.165) is 11.9 Å². The molecule has 0 aliphatic heterocycles. The highest BCUT2D eigenvalue weighted by atomic mass is 16.5. The summed E-state index contributed by atoms with van der Waals surface area (Å²) in [4.78, 5) is 0. The fourth-order valence-electron chi connectivity index (χ4n) is 1.87. The molecule has 2 rings (SSSR count). The van der Waals surface area contributed by atoms with Crippen molar-refractivity contribution >= 4 is 11.0 Å². The van der Waals surface area contributed by atoms with Crippen LogP contribution in [0.15, 0.2) is 28.7 Å². The third-order valence-corrected chi connectivity index (χ3v) is 2.72. The Morgan fingerprint density at radius 3 is 2.94 bits per heavy atom. The summed E-state index contributed by atoms with van der Waals surface area (Å²) in [6.07, 6.45) is 0. The van der Waals surface area contributed by atoms with Gasteiger partial charge in [-0.15, -0.1) is 0 Å².